The van der Waals surface area contributed by atoms with Crippen LogP contribution in [0.25, 0.3) is 34.1 Å². The molecule has 4 aromatic heterocycles. The van der Waals surface area contributed by atoms with E-state index in [0.717, 1.165) is 4.90 Å². The quantitative estimate of drug-likeness (QED) is 0.109. The number of H-pyrrole nitrogens is 1. The number of aromatic amines is 1. The number of nitrogens with zero attached hydrogens (tertiary/aromatic N) is 6. The van der Waals surface area contributed by atoms with E-state index in [0.29, 0.717) is 28.3 Å². The Morgan fingerprint density at radius 3 is 2.33 bits per heavy atom. The van der Waals surface area contributed by atoms with Gasteiger partial charge in [-0.15, -0.1) is 20.4 Å². The Labute approximate surface area is 276 Å². The van der Waals surface area contributed by atoms with E-state index in [-0.39, 0.29) is 51.0 Å². The number of rotatable bonds is 11. The summed E-state index contributed by atoms with van der Waals surface area (Å²) in [5, 5.41) is 9.22. The normalized spacial score (nSPS) is 11.9. The van der Waals surface area contributed by atoms with Crippen molar-refractivity contribution in [2.45, 2.75) is 20.8 Å². The zero-order valence-corrected chi connectivity index (χ0v) is 26.4. The van der Waals surface area contributed by atoms with E-state index in [1.165, 1.54) is 61.7 Å². The fraction of sp³-hybridized carbons (Fsp3) is 0.133. The van der Waals surface area contributed by atoms with Crippen molar-refractivity contribution in [2.75, 3.05) is 17.3 Å². The van der Waals surface area contributed by atoms with Crippen molar-refractivity contribution in [2.24, 2.45) is 7.05 Å². The molecule has 2 amide bonds. The Morgan fingerprint density at radius 1 is 0.875 bits per heavy atom. The number of hydrogen-bond donors (Lipinski definition) is 2. The number of benzene rings is 2. The molecule has 0 aliphatic heterocycles. The van der Waals surface area contributed by atoms with E-state index < -0.39 is 22.3 Å². The van der Waals surface area contributed by atoms with Crippen LogP contribution in [0.2, 0.25) is 0 Å². The van der Waals surface area contributed by atoms with Gasteiger partial charge in [0.05, 0.1) is 17.4 Å². The van der Waals surface area contributed by atoms with E-state index in [1.54, 1.807) is 42.5 Å². The Balaban J connectivity index is 1.09. The maximum Gasteiger partial charge on any atom is 0.378 e. The molecule has 0 spiro atoms. The monoisotopic (exact) mass is 698 g/mol. The van der Waals surface area contributed by atoms with Gasteiger partial charge in [-0.05, 0) is 72.1 Å². The van der Waals surface area contributed by atoms with Crippen LogP contribution in [0.4, 0.5) is 28.9 Å². The van der Waals surface area contributed by atoms with Gasteiger partial charge in [0.25, 0.3) is 0 Å². The summed E-state index contributed by atoms with van der Waals surface area (Å²) < 4.78 is 71.2. The van der Waals surface area contributed by atoms with Gasteiger partial charge in [0.15, 0.2) is 22.0 Å². The zero-order chi connectivity index (χ0) is 34.1. The molecule has 0 saturated carbocycles. The van der Waals surface area contributed by atoms with E-state index in [4.69, 9.17) is 8.83 Å². The summed E-state index contributed by atoms with van der Waals surface area (Å²) >= 11 is -0.131. The van der Waals surface area contributed by atoms with Crippen LogP contribution in [0.3, 0.4) is 0 Å². The molecule has 0 aliphatic rings. The van der Waals surface area contributed by atoms with Crippen LogP contribution in [-0.2, 0) is 16.6 Å². The average molecular weight is 699 g/mol. The topological polar surface area (TPSA) is 148 Å². The number of halogens is 4. The predicted octanol–water partition coefficient (Wildman–Crippen LogP) is 6.79. The Bertz CT molecular complexity index is 2050. The van der Waals surface area contributed by atoms with Crippen molar-refractivity contribution in [3.63, 3.8) is 0 Å². The third-order valence-electron chi connectivity index (χ3n) is 6.79. The van der Waals surface area contributed by atoms with Crippen LogP contribution in [0, 0.1) is 0 Å². The van der Waals surface area contributed by atoms with E-state index >= 15 is 8.78 Å². The molecule has 0 unspecified atom stereocenters. The van der Waals surface area contributed by atoms with Gasteiger partial charge in [0, 0.05) is 31.0 Å². The molecule has 0 saturated heterocycles. The van der Waals surface area contributed by atoms with Gasteiger partial charge < -0.3 is 28.6 Å². The first kappa shape index (κ1) is 32.6. The number of alkyl halides is 4. The summed E-state index contributed by atoms with van der Waals surface area (Å²) in [5.41, 5.74) is 1.84. The highest BCUT2D eigenvalue weighted by atomic mass is 32.2. The Kier molecular flexibility index (Phi) is 8.85. The summed E-state index contributed by atoms with van der Waals surface area (Å²) in [6.45, 7) is 0. The van der Waals surface area contributed by atoms with Crippen LogP contribution in [0.15, 0.2) is 105 Å². The van der Waals surface area contributed by atoms with Crippen molar-refractivity contribution in [1.29, 1.82) is 0 Å². The lowest BCUT2D eigenvalue weighted by atomic mass is 10.1. The lowest BCUT2D eigenvalue weighted by Gasteiger charge is -2.22. The summed E-state index contributed by atoms with van der Waals surface area (Å²) in [5.74, 6) is -2.26. The molecule has 2 aromatic carbocycles. The predicted molar refractivity (Wildman–Crippen MR) is 168 cm³/mol. The van der Waals surface area contributed by atoms with Gasteiger partial charge in [-0.3, -0.25) is 9.59 Å². The van der Waals surface area contributed by atoms with Crippen LogP contribution in [0.1, 0.15) is 0 Å². The Morgan fingerprint density at radius 2 is 1.62 bits per heavy atom. The highest BCUT2D eigenvalue weighted by molar-refractivity contribution is 8.01. The number of thioether (sulfide) groups is 2. The smallest absolute Gasteiger partial charge is 0.378 e. The number of aromatic nitrogens is 6. The first-order chi connectivity index (χ1) is 22.9. The first-order valence-corrected chi connectivity index (χ1v) is 15.4. The number of furan rings is 2. The SMILES string of the molecule is CN(C(=O)C(F)(F)Sc1nnc(-c2ccoc2)n1C)c1ccc(-c2cc(-c3nnc(SC(F)(F)C(=O)Nc4ccccc4)[nH]3)co2)cc1. The van der Waals surface area contributed by atoms with Crippen molar-refractivity contribution >= 4 is 46.7 Å². The second-order valence-corrected chi connectivity index (χ2v) is 12.2. The molecular weight excluding hydrogens is 677 g/mol. The number of para-hydroxylation sites is 1. The van der Waals surface area contributed by atoms with E-state index in [1.807, 2.05) is 0 Å². The number of carbonyl (C=O) groups excluding carboxylic acids is 2. The first-order valence-electron chi connectivity index (χ1n) is 13.7. The maximum atomic E-state index is 15.1. The second kappa shape index (κ2) is 13.0. The van der Waals surface area contributed by atoms with Crippen LogP contribution in [-0.4, -0.2) is 59.3 Å². The molecule has 48 heavy (non-hydrogen) atoms. The molecular formula is C30H22F4N8O4S2. The standard InChI is InChI=1S/C30H22F4N8O4S2/c1-41(26(44)30(33,34)48-28-40-38-24(42(28)2)18-12-13-45-15-18)21-10-8-17(9-11-21)22-14-19(16-46-22)23-36-27(39-37-23)47-29(31,32)25(43)35-20-6-4-3-5-7-20/h3-16H,1-2H3,(H,35,43)(H,36,37,39). The lowest BCUT2D eigenvalue weighted by molar-refractivity contribution is -0.131. The number of carbonyl (C=O) groups is 2. The molecule has 12 nitrogen and oxygen atoms in total. The molecule has 0 atom stereocenters. The van der Waals surface area contributed by atoms with Crippen molar-refractivity contribution in [3.8, 4) is 34.1 Å². The minimum Gasteiger partial charge on any atom is -0.472 e. The number of amides is 2. The molecule has 6 rings (SSSR count). The molecule has 4 heterocycles. The molecule has 0 aliphatic carbocycles. The van der Waals surface area contributed by atoms with Gasteiger partial charge in [0.1, 0.15) is 18.3 Å². The summed E-state index contributed by atoms with van der Waals surface area (Å²) in [7, 11) is 2.72. The fourth-order valence-corrected chi connectivity index (χ4v) is 5.67. The minimum absolute atomic E-state index is 0.0292. The summed E-state index contributed by atoms with van der Waals surface area (Å²) in [4.78, 5) is 28.4. The Hall–Kier alpha value is -5.36. The third-order valence-corrected chi connectivity index (χ3v) is 8.57. The number of nitrogens with one attached hydrogen (secondary N) is 2. The molecule has 18 heteroatoms. The van der Waals surface area contributed by atoms with Gasteiger partial charge in [-0.2, -0.15) is 17.6 Å². The van der Waals surface area contributed by atoms with Crippen LogP contribution in [0.5, 0.6) is 0 Å². The lowest BCUT2D eigenvalue weighted by Crippen LogP contribution is -2.39. The second-order valence-electron chi connectivity index (χ2n) is 10.0. The third kappa shape index (κ3) is 6.84. The largest absolute Gasteiger partial charge is 0.472 e. The highest BCUT2D eigenvalue weighted by Gasteiger charge is 2.45. The summed E-state index contributed by atoms with van der Waals surface area (Å²) in [6, 6.07) is 17.0. The minimum atomic E-state index is -3.87. The zero-order valence-electron chi connectivity index (χ0n) is 24.7. The molecule has 0 bridgehead atoms. The van der Waals surface area contributed by atoms with Gasteiger partial charge in [0.2, 0.25) is 0 Å². The van der Waals surface area contributed by atoms with Gasteiger partial charge in [-0.1, -0.05) is 18.2 Å². The van der Waals surface area contributed by atoms with Crippen molar-refractivity contribution in [1.82, 2.24) is 29.9 Å². The maximum absolute atomic E-state index is 15.1. The fourth-order valence-electron chi connectivity index (χ4n) is 4.29. The number of anilines is 2. The summed E-state index contributed by atoms with van der Waals surface area (Å²) in [6.07, 6.45) is 4.13. The van der Waals surface area contributed by atoms with Crippen molar-refractivity contribution in [3.05, 3.63) is 85.5 Å². The molecule has 246 valence electrons. The average Bonchev–Trinajstić information content (AvgIpc) is 3.90. The molecule has 2 N–H and O–H groups in total. The van der Waals surface area contributed by atoms with Crippen LogP contribution < -0.4 is 10.2 Å². The highest BCUT2D eigenvalue weighted by Crippen LogP contribution is 2.39. The van der Waals surface area contributed by atoms with Crippen molar-refractivity contribution < 1.29 is 36.0 Å². The van der Waals surface area contributed by atoms with Gasteiger partial charge >= 0.3 is 22.3 Å². The molecule has 0 fully saturated rings. The van der Waals surface area contributed by atoms with Crippen LogP contribution >= 0.6 is 23.5 Å². The molecule has 6 aromatic rings. The van der Waals surface area contributed by atoms with Gasteiger partial charge in [-0.25, -0.2) is 0 Å². The van der Waals surface area contributed by atoms with E-state index in [2.05, 4.69) is 30.7 Å². The number of hydrogen-bond acceptors (Lipinski definition) is 10. The molecule has 0 radical (unpaired) electrons. The van der Waals surface area contributed by atoms with E-state index in [9.17, 15) is 18.4 Å².